The van der Waals surface area contributed by atoms with Crippen molar-refractivity contribution in [2.24, 2.45) is 0 Å². The summed E-state index contributed by atoms with van der Waals surface area (Å²) in [6.45, 7) is 0.654. The lowest BCUT2D eigenvalue weighted by Gasteiger charge is -2.30. The predicted octanol–water partition coefficient (Wildman–Crippen LogP) is 3.42. The zero-order valence-electron chi connectivity index (χ0n) is 11.0. The standard InChI is InChI=1S/C13H17F3N2OS/c14-13(15,16)12-8-20-5-1-4-18(12)7-10-6-11(17-19-10)9-2-3-9/h6,9,12H,1-5,7-8H2. The van der Waals surface area contributed by atoms with Gasteiger partial charge in [-0.1, -0.05) is 5.16 Å². The molecule has 2 fully saturated rings. The Hall–Kier alpha value is -0.690. The highest BCUT2D eigenvalue weighted by Gasteiger charge is 2.44. The zero-order chi connectivity index (χ0) is 14.2. The minimum Gasteiger partial charge on any atom is -0.360 e. The van der Waals surface area contributed by atoms with Crippen LogP contribution in [0.25, 0.3) is 0 Å². The van der Waals surface area contributed by atoms with E-state index >= 15 is 0 Å². The Morgan fingerprint density at radius 2 is 2.20 bits per heavy atom. The van der Waals surface area contributed by atoms with Crippen molar-refractivity contribution in [1.29, 1.82) is 0 Å². The molecule has 0 amide bonds. The second-order valence-corrected chi connectivity index (χ2v) is 6.60. The third-order valence-electron chi connectivity index (χ3n) is 3.76. The van der Waals surface area contributed by atoms with E-state index in [9.17, 15) is 13.2 Å². The number of alkyl halides is 3. The van der Waals surface area contributed by atoms with Crippen molar-refractivity contribution in [1.82, 2.24) is 10.1 Å². The molecule has 3 nitrogen and oxygen atoms in total. The Labute approximate surface area is 119 Å². The first-order valence-corrected chi connectivity index (χ1v) is 8.03. The topological polar surface area (TPSA) is 29.3 Å². The van der Waals surface area contributed by atoms with Crippen molar-refractivity contribution in [3.05, 3.63) is 17.5 Å². The number of thioether (sulfide) groups is 1. The minimum atomic E-state index is -4.18. The summed E-state index contributed by atoms with van der Waals surface area (Å²) < 4.78 is 44.6. The summed E-state index contributed by atoms with van der Waals surface area (Å²) in [6.07, 6.45) is -1.19. The van der Waals surface area contributed by atoms with Crippen molar-refractivity contribution in [2.45, 2.75) is 43.9 Å². The van der Waals surface area contributed by atoms with Gasteiger partial charge in [-0.15, -0.1) is 0 Å². The van der Waals surface area contributed by atoms with E-state index < -0.39 is 12.2 Å². The van der Waals surface area contributed by atoms with Crippen LogP contribution in [0.4, 0.5) is 13.2 Å². The fourth-order valence-corrected chi connectivity index (χ4v) is 3.61. The predicted molar refractivity (Wildman–Crippen MR) is 70.7 cm³/mol. The van der Waals surface area contributed by atoms with Crippen molar-refractivity contribution >= 4 is 11.8 Å². The lowest BCUT2D eigenvalue weighted by atomic mass is 10.2. The lowest BCUT2D eigenvalue weighted by Crippen LogP contribution is -2.46. The van der Waals surface area contributed by atoms with Crippen LogP contribution in [0.1, 0.15) is 36.6 Å². The first-order valence-electron chi connectivity index (χ1n) is 6.88. The van der Waals surface area contributed by atoms with Gasteiger partial charge in [-0.25, -0.2) is 0 Å². The molecule has 1 saturated carbocycles. The molecule has 2 aliphatic rings. The SMILES string of the molecule is FC(F)(F)C1CSCCCN1Cc1cc(C2CC2)no1. The van der Waals surface area contributed by atoms with E-state index in [1.807, 2.05) is 6.07 Å². The zero-order valence-corrected chi connectivity index (χ0v) is 11.8. The maximum absolute atomic E-state index is 13.1. The van der Waals surface area contributed by atoms with E-state index in [1.54, 1.807) is 0 Å². The van der Waals surface area contributed by atoms with Gasteiger partial charge in [0, 0.05) is 24.3 Å². The number of rotatable bonds is 3. The molecule has 0 spiro atoms. The van der Waals surface area contributed by atoms with Crippen LogP contribution in [-0.4, -0.2) is 40.3 Å². The molecule has 112 valence electrons. The van der Waals surface area contributed by atoms with Gasteiger partial charge < -0.3 is 4.52 Å². The molecule has 7 heteroatoms. The van der Waals surface area contributed by atoms with Gasteiger partial charge >= 0.3 is 6.18 Å². The molecule has 1 atom stereocenters. The molecule has 1 saturated heterocycles. The molecule has 1 aliphatic heterocycles. The summed E-state index contributed by atoms with van der Waals surface area (Å²) in [6, 6.07) is 0.438. The first-order chi connectivity index (χ1) is 9.54. The number of aromatic nitrogens is 1. The summed E-state index contributed by atoms with van der Waals surface area (Å²) in [7, 11) is 0. The van der Waals surface area contributed by atoms with Crippen LogP contribution in [0.5, 0.6) is 0 Å². The van der Waals surface area contributed by atoms with E-state index in [-0.39, 0.29) is 12.3 Å². The van der Waals surface area contributed by atoms with Crippen molar-refractivity contribution in [2.75, 3.05) is 18.1 Å². The molecule has 20 heavy (non-hydrogen) atoms. The van der Waals surface area contributed by atoms with Crippen LogP contribution in [0, 0.1) is 0 Å². The summed E-state index contributed by atoms with van der Waals surface area (Å²) in [5.74, 6) is 1.90. The molecule has 1 aromatic heterocycles. The highest BCUT2D eigenvalue weighted by atomic mass is 32.2. The van der Waals surface area contributed by atoms with Gasteiger partial charge in [0.25, 0.3) is 0 Å². The fourth-order valence-electron chi connectivity index (χ4n) is 2.49. The Bertz CT molecular complexity index is 459. The lowest BCUT2D eigenvalue weighted by molar-refractivity contribution is -0.179. The van der Waals surface area contributed by atoms with Gasteiger partial charge in [-0.2, -0.15) is 24.9 Å². The third kappa shape index (κ3) is 3.31. The van der Waals surface area contributed by atoms with Gasteiger partial charge in [0.05, 0.1) is 12.2 Å². The molecule has 0 bridgehead atoms. The van der Waals surface area contributed by atoms with E-state index in [4.69, 9.17) is 4.52 Å². The summed E-state index contributed by atoms with van der Waals surface area (Å²) in [5, 5.41) is 3.97. The van der Waals surface area contributed by atoms with Gasteiger partial charge in [0.2, 0.25) is 0 Å². The maximum Gasteiger partial charge on any atom is 0.404 e. The quantitative estimate of drug-likeness (QED) is 0.856. The van der Waals surface area contributed by atoms with E-state index in [2.05, 4.69) is 5.16 Å². The van der Waals surface area contributed by atoms with E-state index in [0.717, 1.165) is 30.7 Å². The molecule has 3 rings (SSSR count). The van der Waals surface area contributed by atoms with Gasteiger partial charge in [0.15, 0.2) is 5.76 Å². The minimum absolute atomic E-state index is 0.104. The molecule has 0 aromatic carbocycles. The van der Waals surface area contributed by atoms with Crippen LogP contribution in [-0.2, 0) is 6.54 Å². The van der Waals surface area contributed by atoms with Crippen molar-refractivity contribution < 1.29 is 17.7 Å². The number of nitrogens with zero attached hydrogens (tertiary/aromatic N) is 2. The monoisotopic (exact) mass is 306 g/mol. The van der Waals surface area contributed by atoms with Crippen molar-refractivity contribution in [3.63, 3.8) is 0 Å². The van der Waals surface area contributed by atoms with Crippen LogP contribution in [0.15, 0.2) is 10.6 Å². The van der Waals surface area contributed by atoms with Gasteiger partial charge in [0.1, 0.15) is 6.04 Å². The van der Waals surface area contributed by atoms with Crippen LogP contribution in [0.2, 0.25) is 0 Å². The van der Waals surface area contributed by atoms with Gasteiger partial charge in [-0.05, 0) is 25.0 Å². The number of hydrogen-bond acceptors (Lipinski definition) is 4. The Morgan fingerprint density at radius 1 is 1.40 bits per heavy atom. The Balaban J connectivity index is 1.71. The van der Waals surface area contributed by atoms with Crippen molar-refractivity contribution in [3.8, 4) is 0 Å². The smallest absolute Gasteiger partial charge is 0.360 e. The maximum atomic E-state index is 13.1. The number of hydrogen-bond donors (Lipinski definition) is 0. The number of halogens is 3. The highest BCUT2D eigenvalue weighted by molar-refractivity contribution is 7.99. The second kappa shape index (κ2) is 5.60. The molecule has 1 aliphatic carbocycles. The van der Waals surface area contributed by atoms with Gasteiger partial charge in [-0.3, -0.25) is 4.90 Å². The molecule has 2 heterocycles. The molecular weight excluding hydrogens is 289 g/mol. The van der Waals surface area contributed by atoms with E-state index in [0.29, 0.717) is 18.2 Å². The second-order valence-electron chi connectivity index (χ2n) is 5.45. The normalized spacial score (nSPS) is 25.6. The third-order valence-corrected chi connectivity index (χ3v) is 4.89. The molecule has 0 radical (unpaired) electrons. The molecule has 1 aromatic rings. The molecular formula is C13H17F3N2OS. The Morgan fingerprint density at radius 3 is 2.90 bits per heavy atom. The summed E-state index contributed by atoms with van der Waals surface area (Å²) >= 11 is 1.38. The average molecular weight is 306 g/mol. The largest absolute Gasteiger partial charge is 0.404 e. The fraction of sp³-hybridized carbons (Fsp3) is 0.769. The van der Waals surface area contributed by atoms with Crippen LogP contribution >= 0.6 is 11.8 Å². The van der Waals surface area contributed by atoms with Crippen LogP contribution < -0.4 is 0 Å². The first kappa shape index (κ1) is 14.3. The summed E-state index contributed by atoms with van der Waals surface area (Å²) in [4.78, 5) is 1.48. The van der Waals surface area contributed by atoms with E-state index in [1.165, 1.54) is 16.7 Å². The Kier molecular flexibility index (Phi) is 3.99. The summed E-state index contributed by atoms with van der Waals surface area (Å²) in [5.41, 5.74) is 0.896. The molecule has 0 N–H and O–H groups in total. The highest BCUT2D eigenvalue weighted by Crippen LogP contribution is 2.39. The molecule has 1 unspecified atom stereocenters. The van der Waals surface area contributed by atoms with Crippen LogP contribution in [0.3, 0.4) is 0 Å². The average Bonchev–Trinajstić information content (AvgIpc) is 3.14.